The Morgan fingerprint density at radius 2 is 1.87 bits per heavy atom. The van der Waals surface area contributed by atoms with Crippen molar-refractivity contribution in [3.63, 3.8) is 0 Å². The first-order chi connectivity index (χ1) is 14.6. The molecule has 0 aromatic heterocycles. The van der Waals surface area contributed by atoms with Gasteiger partial charge in [0, 0.05) is 25.6 Å². The van der Waals surface area contributed by atoms with E-state index in [0.29, 0.717) is 17.8 Å². The van der Waals surface area contributed by atoms with Crippen molar-refractivity contribution in [1.82, 2.24) is 15.1 Å². The van der Waals surface area contributed by atoms with E-state index in [2.05, 4.69) is 19.2 Å². The van der Waals surface area contributed by atoms with Crippen LogP contribution in [0.4, 0.5) is 9.59 Å². The van der Waals surface area contributed by atoms with Crippen LogP contribution in [0.1, 0.15) is 91.9 Å². The zero-order valence-corrected chi connectivity index (χ0v) is 20.1. The molecule has 3 saturated carbocycles. The molecule has 4 aliphatic rings. The van der Waals surface area contributed by atoms with E-state index in [-0.39, 0.29) is 23.4 Å². The summed E-state index contributed by atoms with van der Waals surface area (Å²) < 4.78 is 0. The highest BCUT2D eigenvalue weighted by Gasteiger charge is 2.60. The van der Waals surface area contributed by atoms with Gasteiger partial charge in [0.05, 0.1) is 0 Å². The number of imide groups is 2. The molecule has 31 heavy (non-hydrogen) atoms. The van der Waals surface area contributed by atoms with Crippen LogP contribution >= 0.6 is 0 Å². The molecule has 0 radical (unpaired) electrons. The number of hydrogen-bond acceptors (Lipinski definition) is 3. The van der Waals surface area contributed by atoms with Crippen LogP contribution in [0.25, 0.3) is 0 Å². The molecule has 2 unspecified atom stereocenters. The molecular weight excluding hydrogens is 390 g/mol. The Labute approximate surface area is 187 Å². The molecule has 0 aromatic carbocycles. The topological polar surface area (TPSA) is 69.7 Å². The van der Waals surface area contributed by atoms with Gasteiger partial charge in [-0.3, -0.25) is 9.69 Å². The molecule has 1 saturated heterocycles. The van der Waals surface area contributed by atoms with Crippen LogP contribution in [0.5, 0.6) is 0 Å². The lowest BCUT2D eigenvalue weighted by Gasteiger charge is -2.61. The average Bonchev–Trinajstić information content (AvgIpc) is 3.14. The molecular formula is C25H41N3O3. The monoisotopic (exact) mass is 431 g/mol. The zero-order valence-electron chi connectivity index (χ0n) is 20.1. The Hall–Kier alpha value is -1.59. The first-order valence-electron chi connectivity index (χ1n) is 12.5. The fourth-order valence-electron chi connectivity index (χ4n) is 7.77. The van der Waals surface area contributed by atoms with Crippen molar-refractivity contribution in [3.8, 4) is 0 Å². The number of nitrogens with zero attached hydrogens (tertiary/aromatic N) is 2. The summed E-state index contributed by atoms with van der Waals surface area (Å²) in [5.41, 5.74) is 0.461. The van der Waals surface area contributed by atoms with Crippen LogP contribution in [0, 0.1) is 28.6 Å². The number of carbonyl (C=O) groups is 3. The van der Waals surface area contributed by atoms with Crippen LogP contribution in [0.2, 0.25) is 0 Å². The second-order valence-corrected chi connectivity index (χ2v) is 11.4. The highest BCUT2D eigenvalue weighted by atomic mass is 16.2. The van der Waals surface area contributed by atoms with E-state index >= 15 is 0 Å². The van der Waals surface area contributed by atoms with E-state index in [9.17, 15) is 14.4 Å². The minimum absolute atomic E-state index is 0.0107. The summed E-state index contributed by atoms with van der Waals surface area (Å²) in [5.74, 6) is 1.98. The van der Waals surface area contributed by atoms with Crippen LogP contribution in [-0.4, -0.2) is 46.9 Å². The van der Waals surface area contributed by atoms with Crippen molar-refractivity contribution in [2.45, 2.75) is 104 Å². The molecule has 4 fully saturated rings. The number of urea groups is 2. The number of likely N-dealkylation sites (tertiary alicyclic amines) is 1. The molecule has 4 rings (SSSR count). The number of carbonyl (C=O) groups excluding carboxylic acids is 3. The lowest BCUT2D eigenvalue weighted by Crippen LogP contribution is -2.65. The fraction of sp³-hybridized carbons (Fsp3) is 0.880. The summed E-state index contributed by atoms with van der Waals surface area (Å²) in [5, 5.41) is 2.85. The Morgan fingerprint density at radius 3 is 2.58 bits per heavy atom. The summed E-state index contributed by atoms with van der Waals surface area (Å²) in [4.78, 5) is 41.5. The lowest BCUT2D eigenvalue weighted by atomic mass is 9.47. The molecule has 1 N–H and O–H groups in total. The van der Waals surface area contributed by atoms with Gasteiger partial charge in [-0.1, -0.05) is 27.2 Å². The van der Waals surface area contributed by atoms with Gasteiger partial charge in [-0.25, -0.2) is 14.5 Å². The fourth-order valence-corrected chi connectivity index (χ4v) is 7.77. The maximum Gasteiger partial charge on any atom is 0.334 e. The maximum atomic E-state index is 13.4. The van der Waals surface area contributed by atoms with Crippen molar-refractivity contribution < 1.29 is 14.4 Å². The Balaban J connectivity index is 1.56. The lowest BCUT2D eigenvalue weighted by molar-refractivity contribution is -0.153. The first-order valence-corrected chi connectivity index (χ1v) is 12.5. The predicted molar refractivity (Wildman–Crippen MR) is 120 cm³/mol. The van der Waals surface area contributed by atoms with Crippen molar-refractivity contribution in [2.75, 3.05) is 7.05 Å². The number of rotatable bonds is 2. The summed E-state index contributed by atoms with van der Waals surface area (Å²) >= 11 is 0. The summed E-state index contributed by atoms with van der Waals surface area (Å²) in [7, 11) is 1.50. The quantitative estimate of drug-likeness (QED) is 0.656. The number of fused-ring (bicyclic) bond motifs is 5. The highest BCUT2D eigenvalue weighted by Crippen LogP contribution is 2.64. The number of nitrogens with one attached hydrogen (secondary N) is 1. The normalized spacial score (nSPS) is 40.4. The molecule has 1 aliphatic heterocycles. The zero-order chi connectivity index (χ0) is 22.6. The molecule has 6 nitrogen and oxygen atoms in total. The molecule has 0 spiro atoms. The summed E-state index contributed by atoms with van der Waals surface area (Å²) in [6.45, 7) is 8.74. The highest BCUT2D eigenvalue weighted by molar-refractivity contribution is 6.02. The van der Waals surface area contributed by atoms with Crippen LogP contribution in [0.15, 0.2) is 0 Å². The van der Waals surface area contributed by atoms with Gasteiger partial charge in [-0.05, 0) is 86.9 Å². The van der Waals surface area contributed by atoms with Crippen molar-refractivity contribution in [1.29, 1.82) is 0 Å². The molecule has 6 heteroatoms. The Morgan fingerprint density at radius 1 is 1.13 bits per heavy atom. The molecule has 0 aromatic rings. The van der Waals surface area contributed by atoms with Gasteiger partial charge in [0.25, 0.3) is 0 Å². The summed E-state index contributed by atoms with van der Waals surface area (Å²) in [6.07, 6.45) is 10.6. The number of hydrogen-bond donors (Lipinski definition) is 1. The molecule has 7 atom stereocenters. The maximum absolute atomic E-state index is 13.4. The second-order valence-electron chi connectivity index (χ2n) is 11.4. The minimum atomic E-state index is -0.457. The predicted octanol–water partition coefficient (Wildman–Crippen LogP) is 5.17. The van der Waals surface area contributed by atoms with E-state index in [1.807, 2.05) is 13.8 Å². The van der Waals surface area contributed by atoms with Crippen molar-refractivity contribution in [3.05, 3.63) is 0 Å². The third-order valence-electron chi connectivity index (χ3n) is 9.84. The van der Waals surface area contributed by atoms with Crippen LogP contribution in [-0.2, 0) is 4.79 Å². The van der Waals surface area contributed by atoms with Gasteiger partial charge in [-0.15, -0.1) is 0 Å². The third-order valence-corrected chi connectivity index (χ3v) is 9.84. The molecule has 0 bridgehead atoms. The smallest absolute Gasteiger partial charge is 0.334 e. The van der Waals surface area contributed by atoms with Gasteiger partial charge in [-0.2, -0.15) is 0 Å². The van der Waals surface area contributed by atoms with Gasteiger partial charge >= 0.3 is 12.1 Å². The van der Waals surface area contributed by atoms with E-state index < -0.39 is 12.1 Å². The van der Waals surface area contributed by atoms with Gasteiger partial charge in [0.1, 0.15) is 0 Å². The number of piperidine rings is 1. The average molecular weight is 432 g/mol. The van der Waals surface area contributed by atoms with Crippen molar-refractivity contribution in [2.24, 2.45) is 28.6 Å². The van der Waals surface area contributed by atoms with Crippen molar-refractivity contribution >= 4 is 18.0 Å². The van der Waals surface area contributed by atoms with E-state index in [0.717, 1.165) is 42.4 Å². The third kappa shape index (κ3) is 3.58. The van der Waals surface area contributed by atoms with Gasteiger partial charge < -0.3 is 5.32 Å². The van der Waals surface area contributed by atoms with E-state index in [1.54, 1.807) is 0 Å². The summed E-state index contributed by atoms with van der Waals surface area (Å²) in [6, 6.07) is -0.982. The SMILES string of the molecule is CCC(C)NC(=O)N(C)C(=O)N1C(=O)CC[C@@]2(C)C1CC[C@@H]1[C@H]2CC[C@]2(C)CCC[C@@H]12. The largest absolute Gasteiger partial charge is 0.335 e. The van der Waals surface area contributed by atoms with Gasteiger partial charge in [0.2, 0.25) is 5.91 Å². The molecule has 5 amide bonds. The molecule has 1 heterocycles. The second kappa shape index (κ2) is 8.08. The van der Waals surface area contributed by atoms with E-state index in [1.165, 1.54) is 44.1 Å². The first kappa shape index (κ1) is 22.6. The molecule has 174 valence electrons. The minimum Gasteiger partial charge on any atom is -0.335 e. The molecule has 3 aliphatic carbocycles. The Bertz CT molecular complexity index is 754. The van der Waals surface area contributed by atoms with E-state index in [4.69, 9.17) is 0 Å². The van der Waals surface area contributed by atoms with Crippen LogP contribution in [0.3, 0.4) is 0 Å². The number of amides is 5. The Kier molecular flexibility index (Phi) is 5.89. The standard InChI is InChI=1S/C25H41N3O3/c1-6-16(2)26-22(30)27(5)23(31)28-20-10-9-17-18-8-7-13-24(18,3)14-11-19(17)25(20,4)15-12-21(28)29/h16-20H,6-15H2,1-5H3,(H,26,30)/t16?,17-,18-,19+,20?,24-,25+/m0/s1. The van der Waals surface area contributed by atoms with Gasteiger partial charge in [0.15, 0.2) is 0 Å². The van der Waals surface area contributed by atoms with Crippen LogP contribution < -0.4 is 5.32 Å².